The Kier molecular flexibility index (Phi) is 5.76. The quantitative estimate of drug-likeness (QED) is 0.211. The van der Waals surface area contributed by atoms with Crippen molar-refractivity contribution < 1.29 is 0 Å². The van der Waals surface area contributed by atoms with Crippen molar-refractivity contribution in [2.45, 2.75) is 48.3 Å². The van der Waals surface area contributed by atoms with Crippen LogP contribution in [0.2, 0.25) is 0 Å². The predicted octanol–water partition coefficient (Wildman–Crippen LogP) is 9.97. The molecule has 1 aliphatic heterocycles. The first-order chi connectivity index (χ1) is 20.8. The topological polar surface area (TPSA) is 38.7 Å². The molecule has 0 bridgehead atoms. The summed E-state index contributed by atoms with van der Waals surface area (Å²) < 4.78 is 0. The summed E-state index contributed by atoms with van der Waals surface area (Å²) in [7, 11) is 0. The van der Waals surface area contributed by atoms with Crippen molar-refractivity contribution in [3.63, 3.8) is 0 Å². The molecule has 0 atom stereocenters. The summed E-state index contributed by atoms with van der Waals surface area (Å²) in [6.45, 7) is 9.41. The largest absolute Gasteiger partial charge is 0.208 e. The molecule has 4 heteroatoms. The Morgan fingerprint density at radius 3 is 1.63 bits per heavy atom. The summed E-state index contributed by atoms with van der Waals surface area (Å²) >= 11 is 1.91. The van der Waals surface area contributed by atoms with Crippen LogP contribution in [-0.2, 0) is 10.8 Å². The van der Waals surface area contributed by atoms with Gasteiger partial charge in [-0.05, 0) is 39.9 Å². The highest BCUT2D eigenvalue weighted by atomic mass is 32.2. The number of hydrogen-bond acceptors (Lipinski definition) is 4. The molecule has 208 valence electrons. The van der Waals surface area contributed by atoms with Crippen LogP contribution in [0.25, 0.3) is 45.3 Å². The van der Waals surface area contributed by atoms with Gasteiger partial charge in [0.25, 0.3) is 0 Å². The average Bonchev–Trinajstić information content (AvgIpc) is 3.28. The highest BCUT2D eigenvalue weighted by molar-refractivity contribution is 7.99. The second-order valence-electron chi connectivity index (χ2n) is 12.5. The van der Waals surface area contributed by atoms with Gasteiger partial charge in [-0.2, -0.15) is 0 Å². The van der Waals surface area contributed by atoms with Crippen molar-refractivity contribution in [3.05, 3.63) is 138 Å². The molecule has 8 rings (SSSR count). The van der Waals surface area contributed by atoms with Crippen LogP contribution in [0.5, 0.6) is 0 Å². The van der Waals surface area contributed by atoms with E-state index in [1.165, 1.54) is 43.2 Å². The molecule has 1 aromatic heterocycles. The van der Waals surface area contributed by atoms with Crippen molar-refractivity contribution in [3.8, 4) is 45.3 Å². The standard InChI is InChI=1S/C39H31N3S/c1-38(2)28-20-19-26(37-41-35(24-13-7-5-8-14-24)40-36(42-37)25-15-9-6-10-16-25)23-27(28)33-30(38)21-22-31-34(33)43-32-18-12-11-17-29(32)39(31,3)4/h5-23H,1-4H3. The monoisotopic (exact) mass is 573 g/mol. The van der Waals surface area contributed by atoms with E-state index in [2.05, 4.69) is 107 Å². The fraction of sp³-hybridized carbons (Fsp3) is 0.154. The predicted molar refractivity (Wildman–Crippen MR) is 176 cm³/mol. The summed E-state index contributed by atoms with van der Waals surface area (Å²) in [5.41, 5.74) is 10.9. The molecule has 0 radical (unpaired) electrons. The van der Waals surface area contributed by atoms with E-state index >= 15 is 0 Å². The zero-order chi connectivity index (χ0) is 29.3. The second-order valence-corrected chi connectivity index (χ2v) is 13.6. The number of aromatic nitrogens is 3. The van der Waals surface area contributed by atoms with Gasteiger partial charge in [0.05, 0.1) is 0 Å². The van der Waals surface area contributed by atoms with Crippen molar-refractivity contribution in [1.82, 2.24) is 15.0 Å². The lowest BCUT2D eigenvalue weighted by Gasteiger charge is -2.36. The Balaban J connectivity index is 1.34. The van der Waals surface area contributed by atoms with Gasteiger partial charge in [0.1, 0.15) is 0 Å². The molecule has 0 saturated carbocycles. The van der Waals surface area contributed by atoms with Crippen LogP contribution < -0.4 is 0 Å². The maximum Gasteiger partial charge on any atom is 0.164 e. The van der Waals surface area contributed by atoms with Gasteiger partial charge in [0.2, 0.25) is 0 Å². The molecule has 2 aliphatic rings. The van der Waals surface area contributed by atoms with Gasteiger partial charge in [-0.15, -0.1) is 0 Å². The Labute approximate surface area is 257 Å². The minimum absolute atomic E-state index is 0.0832. The summed E-state index contributed by atoms with van der Waals surface area (Å²) in [5, 5.41) is 0. The smallest absolute Gasteiger partial charge is 0.164 e. The number of rotatable bonds is 3. The molecule has 0 saturated heterocycles. The highest BCUT2D eigenvalue weighted by Crippen LogP contribution is 2.58. The van der Waals surface area contributed by atoms with Gasteiger partial charge in [0, 0.05) is 42.9 Å². The normalized spacial score (nSPS) is 15.3. The third-order valence-corrected chi connectivity index (χ3v) is 10.4. The van der Waals surface area contributed by atoms with Crippen LogP contribution in [0.15, 0.2) is 125 Å². The molecule has 3 nitrogen and oxygen atoms in total. The van der Waals surface area contributed by atoms with Gasteiger partial charge in [-0.3, -0.25) is 0 Å². The Bertz CT molecular complexity index is 1990. The molecule has 2 heterocycles. The maximum absolute atomic E-state index is 5.03. The maximum atomic E-state index is 5.03. The van der Waals surface area contributed by atoms with Gasteiger partial charge in [-0.1, -0.05) is 143 Å². The third kappa shape index (κ3) is 4.00. The third-order valence-electron chi connectivity index (χ3n) is 9.20. The molecule has 0 spiro atoms. The van der Waals surface area contributed by atoms with Crippen LogP contribution in [0.1, 0.15) is 49.9 Å². The van der Waals surface area contributed by atoms with Crippen molar-refractivity contribution in [2.75, 3.05) is 0 Å². The van der Waals surface area contributed by atoms with Crippen LogP contribution in [0, 0.1) is 0 Å². The van der Waals surface area contributed by atoms with E-state index < -0.39 is 0 Å². The van der Waals surface area contributed by atoms with Crippen LogP contribution in [0.3, 0.4) is 0 Å². The lowest BCUT2D eigenvalue weighted by Crippen LogP contribution is -2.24. The lowest BCUT2D eigenvalue weighted by atomic mass is 9.75. The van der Waals surface area contributed by atoms with Gasteiger partial charge >= 0.3 is 0 Å². The fourth-order valence-electron chi connectivity index (χ4n) is 6.81. The Morgan fingerprint density at radius 2 is 0.977 bits per heavy atom. The van der Waals surface area contributed by atoms with E-state index in [1.807, 2.05) is 48.2 Å². The fourth-order valence-corrected chi connectivity index (χ4v) is 8.37. The molecule has 0 amide bonds. The zero-order valence-corrected chi connectivity index (χ0v) is 25.5. The first-order valence-electron chi connectivity index (χ1n) is 14.8. The lowest BCUT2D eigenvalue weighted by molar-refractivity contribution is 0.604. The van der Waals surface area contributed by atoms with E-state index in [0.29, 0.717) is 17.5 Å². The summed E-state index contributed by atoms with van der Waals surface area (Å²) in [6, 6.07) is 40.7. The summed E-state index contributed by atoms with van der Waals surface area (Å²) in [5.74, 6) is 2.04. The molecule has 0 fully saturated rings. The SMILES string of the molecule is CC1(C)c2ccccc2Sc2c1ccc1c2-c2cc(-c3nc(-c4ccccc4)nc(-c4ccccc4)n3)ccc2C1(C)C. The number of fused-ring (bicyclic) bond motifs is 6. The minimum atomic E-state index is -0.108. The second kappa shape index (κ2) is 9.48. The summed E-state index contributed by atoms with van der Waals surface area (Å²) in [4.78, 5) is 17.7. The van der Waals surface area contributed by atoms with E-state index in [4.69, 9.17) is 15.0 Å². The molecule has 0 N–H and O–H groups in total. The molecule has 6 aromatic rings. The van der Waals surface area contributed by atoms with E-state index in [0.717, 1.165) is 16.7 Å². The highest BCUT2D eigenvalue weighted by Gasteiger charge is 2.42. The minimum Gasteiger partial charge on any atom is -0.208 e. The molecular weight excluding hydrogens is 543 g/mol. The van der Waals surface area contributed by atoms with Crippen molar-refractivity contribution >= 4 is 11.8 Å². The average molecular weight is 574 g/mol. The van der Waals surface area contributed by atoms with Crippen LogP contribution >= 0.6 is 11.8 Å². The first-order valence-corrected chi connectivity index (χ1v) is 15.6. The number of hydrogen-bond donors (Lipinski definition) is 0. The van der Waals surface area contributed by atoms with Crippen LogP contribution in [0.4, 0.5) is 0 Å². The molecule has 1 aliphatic carbocycles. The van der Waals surface area contributed by atoms with Gasteiger partial charge in [0.15, 0.2) is 17.5 Å². The summed E-state index contributed by atoms with van der Waals surface area (Å²) in [6.07, 6.45) is 0. The molecule has 43 heavy (non-hydrogen) atoms. The Morgan fingerprint density at radius 1 is 0.465 bits per heavy atom. The Hall–Kier alpha value is -4.54. The van der Waals surface area contributed by atoms with Crippen LogP contribution in [-0.4, -0.2) is 15.0 Å². The first kappa shape index (κ1) is 26.1. The molecule has 5 aromatic carbocycles. The van der Waals surface area contributed by atoms with Gasteiger partial charge < -0.3 is 0 Å². The molecule has 0 unspecified atom stereocenters. The van der Waals surface area contributed by atoms with Gasteiger partial charge in [-0.25, -0.2) is 15.0 Å². The number of benzene rings is 5. The number of nitrogens with zero attached hydrogens (tertiary/aromatic N) is 3. The van der Waals surface area contributed by atoms with Crippen molar-refractivity contribution in [1.29, 1.82) is 0 Å². The zero-order valence-electron chi connectivity index (χ0n) is 24.7. The van der Waals surface area contributed by atoms with E-state index in [9.17, 15) is 0 Å². The van der Waals surface area contributed by atoms with Crippen molar-refractivity contribution in [2.24, 2.45) is 0 Å². The van der Waals surface area contributed by atoms with E-state index in [1.54, 1.807) is 0 Å². The van der Waals surface area contributed by atoms with E-state index in [-0.39, 0.29) is 10.8 Å². The molecular formula is C39H31N3S.